The van der Waals surface area contributed by atoms with Gasteiger partial charge in [-0.15, -0.1) is 0 Å². The molecule has 3 heterocycles. The molecule has 0 N–H and O–H groups in total. The lowest BCUT2D eigenvalue weighted by atomic mass is 9.91. The Bertz CT molecular complexity index is 1250. The molecule has 1 saturated heterocycles. The molecule has 2 aromatic rings. The Balaban J connectivity index is 1.20. The lowest BCUT2D eigenvalue weighted by Gasteiger charge is -2.38. The quantitative estimate of drug-likeness (QED) is 0.423. The number of hydrogen-bond acceptors (Lipinski definition) is 6. The molecule has 1 aromatic carbocycles. The van der Waals surface area contributed by atoms with Crippen molar-refractivity contribution in [3.05, 3.63) is 30.1 Å². The van der Waals surface area contributed by atoms with Crippen molar-refractivity contribution in [2.24, 2.45) is 5.92 Å². The normalized spacial score (nSPS) is 22.5. The van der Waals surface area contributed by atoms with Crippen LogP contribution < -0.4 is 9.64 Å². The summed E-state index contributed by atoms with van der Waals surface area (Å²) < 4.78 is 14.3. The van der Waals surface area contributed by atoms with E-state index in [0.29, 0.717) is 12.6 Å². The molecule has 0 radical (unpaired) electrons. The fraction of sp³-hybridized carbons (Fsp3) is 0.656. The number of carbonyl (C=O) groups is 2. The van der Waals surface area contributed by atoms with Gasteiger partial charge in [-0.1, -0.05) is 0 Å². The number of carbonyl (C=O) groups excluding carboxylic acids is 2. The molecule has 8 nitrogen and oxygen atoms in total. The van der Waals surface area contributed by atoms with Gasteiger partial charge in [0.1, 0.15) is 11.4 Å². The van der Waals surface area contributed by atoms with Crippen LogP contribution in [0.15, 0.2) is 24.5 Å². The van der Waals surface area contributed by atoms with Crippen LogP contribution in [0.4, 0.5) is 5.69 Å². The van der Waals surface area contributed by atoms with E-state index >= 15 is 0 Å². The smallest absolute Gasteiger partial charge is 0.320 e. The predicted octanol–water partition coefficient (Wildman–Crippen LogP) is 5.54. The van der Waals surface area contributed by atoms with Crippen molar-refractivity contribution in [1.82, 2.24) is 14.7 Å². The van der Waals surface area contributed by atoms with Gasteiger partial charge in [0.25, 0.3) is 0 Å². The van der Waals surface area contributed by atoms with Crippen LogP contribution in [0, 0.1) is 5.92 Å². The van der Waals surface area contributed by atoms with Crippen molar-refractivity contribution >= 4 is 17.6 Å². The van der Waals surface area contributed by atoms with E-state index in [-0.39, 0.29) is 29.9 Å². The first kappa shape index (κ1) is 27.3. The number of aromatic nitrogens is 2. The van der Waals surface area contributed by atoms with Crippen LogP contribution in [-0.2, 0) is 20.7 Å². The topological polar surface area (TPSA) is 76.9 Å². The van der Waals surface area contributed by atoms with Crippen LogP contribution in [0.1, 0.15) is 90.7 Å². The zero-order chi connectivity index (χ0) is 28.0. The molecule has 2 saturated carbocycles. The second-order valence-corrected chi connectivity index (χ2v) is 13.3. The number of likely N-dealkylation sites (tertiary alicyclic amines) is 1. The van der Waals surface area contributed by atoms with Crippen LogP contribution in [0.3, 0.4) is 0 Å². The van der Waals surface area contributed by atoms with Crippen LogP contribution in [0.5, 0.6) is 5.75 Å². The van der Waals surface area contributed by atoms with Gasteiger partial charge in [0.15, 0.2) is 0 Å². The van der Waals surface area contributed by atoms with E-state index in [1.54, 1.807) is 0 Å². The summed E-state index contributed by atoms with van der Waals surface area (Å²) in [7, 11) is 0. The molecule has 1 amide bonds. The highest BCUT2D eigenvalue weighted by molar-refractivity contribution is 5.99. The van der Waals surface area contributed by atoms with Gasteiger partial charge in [-0.25, -0.2) is 0 Å². The van der Waals surface area contributed by atoms with Crippen LogP contribution >= 0.6 is 0 Å². The molecule has 4 aliphatic rings. The second-order valence-electron chi connectivity index (χ2n) is 13.3. The van der Waals surface area contributed by atoms with Gasteiger partial charge in [0.05, 0.1) is 30.6 Å². The van der Waals surface area contributed by atoms with Gasteiger partial charge >= 0.3 is 5.97 Å². The maximum atomic E-state index is 13.3. The standard InChI is InChI=1S/C32H44N4O4/c1-21-8-11-27-28(36(21)31(38)22-9-10-22)13-12-26(30(27)39-25-6-5-7-25)23-18-33-35(19-23)24-14-16-34(17-15-24)20-29(37)40-32(2,3)4/h12-13,18-19,21-22,24-25H,5-11,14-17,20H2,1-4H3/t21-/m0/s1. The first-order valence-electron chi connectivity index (χ1n) is 15.3. The maximum absolute atomic E-state index is 13.3. The molecule has 0 bridgehead atoms. The van der Waals surface area contributed by atoms with Crippen LogP contribution in [0.25, 0.3) is 11.1 Å². The summed E-state index contributed by atoms with van der Waals surface area (Å²) in [5.41, 5.74) is 3.90. The second kappa shape index (κ2) is 10.8. The number of amides is 1. The van der Waals surface area contributed by atoms with Crippen molar-refractivity contribution in [3.8, 4) is 16.9 Å². The summed E-state index contributed by atoms with van der Waals surface area (Å²) >= 11 is 0. The predicted molar refractivity (Wildman–Crippen MR) is 154 cm³/mol. The third-order valence-electron chi connectivity index (χ3n) is 8.87. The van der Waals surface area contributed by atoms with Crippen LogP contribution in [-0.4, -0.2) is 63.9 Å². The van der Waals surface area contributed by atoms with E-state index in [1.165, 1.54) is 12.0 Å². The summed E-state index contributed by atoms with van der Waals surface area (Å²) in [6, 6.07) is 4.79. The highest BCUT2D eigenvalue weighted by Gasteiger charge is 2.39. The summed E-state index contributed by atoms with van der Waals surface area (Å²) in [5, 5.41) is 4.79. The molecule has 6 rings (SSSR count). The molecule has 40 heavy (non-hydrogen) atoms. The number of fused-ring (bicyclic) bond motifs is 1. The number of benzene rings is 1. The summed E-state index contributed by atoms with van der Waals surface area (Å²) in [5.74, 6) is 1.26. The molecule has 0 spiro atoms. The van der Waals surface area contributed by atoms with Crippen molar-refractivity contribution < 1.29 is 19.1 Å². The number of esters is 1. The van der Waals surface area contributed by atoms with E-state index in [1.807, 2.05) is 27.0 Å². The summed E-state index contributed by atoms with van der Waals surface area (Å²) in [4.78, 5) is 29.8. The fourth-order valence-corrected chi connectivity index (χ4v) is 6.26. The monoisotopic (exact) mass is 548 g/mol. The molecule has 8 heteroatoms. The number of ether oxygens (including phenoxy) is 2. The zero-order valence-electron chi connectivity index (χ0n) is 24.5. The minimum absolute atomic E-state index is 0.162. The average Bonchev–Trinajstić information content (AvgIpc) is 3.62. The Morgan fingerprint density at radius 2 is 1.77 bits per heavy atom. The fourth-order valence-electron chi connectivity index (χ4n) is 6.26. The van der Waals surface area contributed by atoms with Crippen LogP contribution in [0.2, 0.25) is 0 Å². The van der Waals surface area contributed by atoms with Gasteiger partial charge in [-0.05, 0) is 97.6 Å². The summed E-state index contributed by atoms with van der Waals surface area (Å²) in [6.07, 6.45) is 13.5. The van der Waals surface area contributed by atoms with Crippen molar-refractivity contribution in [2.75, 3.05) is 24.5 Å². The number of rotatable bonds is 7. The van der Waals surface area contributed by atoms with Crippen molar-refractivity contribution in [3.63, 3.8) is 0 Å². The molecular formula is C32H44N4O4. The number of anilines is 1. The van der Waals surface area contributed by atoms with Gasteiger partial charge in [0, 0.05) is 47.9 Å². The number of hydrogen-bond donors (Lipinski definition) is 0. The van der Waals surface area contributed by atoms with Gasteiger partial charge in [-0.3, -0.25) is 19.2 Å². The molecular weight excluding hydrogens is 504 g/mol. The van der Waals surface area contributed by atoms with E-state index in [9.17, 15) is 9.59 Å². The van der Waals surface area contributed by atoms with Gasteiger partial charge in [-0.2, -0.15) is 5.10 Å². The Hall–Kier alpha value is -2.87. The first-order valence-corrected chi connectivity index (χ1v) is 15.3. The maximum Gasteiger partial charge on any atom is 0.320 e. The number of piperidine rings is 1. The molecule has 2 aliphatic carbocycles. The molecule has 0 unspecified atom stereocenters. The molecule has 3 fully saturated rings. The lowest BCUT2D eigenvalue weighted by Crippen LogP contribution is -2.43. The van der Waals surface area contributed by atoms with E-state index in [2.05, 4.69) is 39.7 Å². The summed E-state index contributed by atoms with van der Waals surface area (Å²) in [6.45, 7) is 9.91. The van der Waals surface area contributed by atoms with E-state index in [0.717, 1.165) is 87.0 Å². The first-order chi connectivity index (χ1) is 19.2. The van der Waals surface area contributed by atoms with Gasteiger partial charge < -0.3 is 14.4 Å². The lowest BCUT2D eigenvalue weighted by molar-refractivity contribution is -0.156. The largest absolute Gasteiger partial charge is 0.489 e. The Kier molecular flexibility index (Phi) is 7.40. The highest BCUT2D eigenvalue weighted by Crippen LogP contribution is 2.46. The SMILES string of the molecule is C[C@H]1CCc2c(ccc(-c3cnn(C4CCN(CC(=O)OC(C)(C)C)CC4)c3)c2OC2CCC2)N1C(=O)C1CC1. The molecule has 1 aromatic heterocycles. The third-order valence-corrected chi connectivity index (χ3v) is 8.87. The zero-order valence-corrected chi connectivity index (χ0v) is 24.5. The van der Waals surface area contributed by atoms with E-state index in [4.69, 9.17) is 14.6 Å². The van der Waals surface area contributed by atoms with Crippen molar-refractivity contribution in [1.29, 1.82) is 0 Å². The molecule has 2 aliphatic heterocycles. The molecule has 216 valence electrons. The Morgan fingerprint density at radius 1 is 1.02 bits per heavy atom. The Labute approximate surface area is 238 Å². The number of nitrogens with zero attached hydrogens (tertiary/aromatic N) is 4. The molecule has 1 atom stereocenters. The Morgan fingerprint density at radius 3 is 2.42 bits per heavy atom. The minimum Gasteiger partial charge on any atom is -0.489 e. The van der Waals surface area contributed by atoms with Crippen molar-refractivity contribution in [2.45, 2.75) is 109 Å². The highest BCUT2D eigenvalue weighted by atomic mass is 16.6. The van der Waals surface area contributed by atoms with Gasteiger partial charge in [0.2, 0.25) is 5.91 Å². The minimum atomic E-state index is -0.456. The average molecular weight is 549 g/mol. The third kappa shape index (κ3) is 5.78. The van der Waals surface area contributed by atoms with E-state index < -0.39 is 5.60 Å².